The van der Waals surface area contributed by atoms with E-state index in [1.54, 1.807) is 0 Å². The third kappa shape index (κ3) is 19.7. The number of quaternary nitrogens is 1. The van der Waals surface area contributed by atoms with Crippen LogP contribution in [0.25, 0.3) is 0 Å². The summed E-state index contributed by atoms with van der Waals surface area (Å²) in [5, 5.41) is 19.0. The van der Waals surface area contributed by atoms with Gasteiger partial charge in [-0.3, -0.25) is 9.59 Å². The normalized spacial score (nSPS) is 14.1. The Morgan fingerprint density at radius 2 is 1.52 bits per heavy atom. The van der Waals surface area contributed by atoms with Crippen LogP contribution in [0.1, 0.15) is 84.0 Å². The molecule has 0 radical (unpaired) electrons. The Morgan fingerprint density at radius 1 is 0.931 bits per heavy atom. The largest absolute Gasteiger partial charge is 0.481 e. The maximum Gasteiger partial charge on any atom is 0.308 e. The van der Waals surface area contributed by atoms with Crippen molar-refractivity contribution in [3.8, 4) is 0 Å². The Labute approximate surface area is 177 Å². The van der Waals surface area contributed by atoms with E-state index in [9.17, 15) is 14.7 Å². The molecule has 0 saturated carbocycles. The fourth-order valence-electron chi connectivity index (χ4n) is 3.22. The minimum atomic E-state index is -0.994. The van der Waals surface area contributed by atoms with Gasteiger partial charge in [-0.2, -0.15) is 0 Å². The number of hydrogen-bond donors (Lipinski definition) is 2. The molecule has 0 rings (SSSR count). The fourth-order valence-corrected chi connectivity index (χ4v) is 3.22. The molecule has 0 saturated heterocycles. The number of ether oxygens (including phenoxy) is 1. The van der Waals surface area contributed by atoms with E-state index in [2.05, 4.69) is 19.1 Å². The Bertz CT molecular complexity index is 470. The maximum absolute atomic E-state index is 12.0. The van der Waals surface area contributed by atoms with Crippen molar-refractivity contribution in [3.63, 3.8) is 0 Å². The second-order valence-corrected chi connectivity index (χ2v) is 9.00. The highest BCUT2D eigenvalue weighted by Crippen LogP contribution is 2.12. The Hall–Kier alpha value is -1.40. The van der Waals surface area contributed by atoms with Crippen LogP contribution < -0.4 is 0 Å². The highest BCUT2D eigenvalue weighted by molar-refractivity contribution is 5.71. The first kappa shape index (κ1) is 27.6. The number of likely N-dealkylation sites (N-methyl/N-ethyl adjacent to an activating group) is 1. The van der Waals surface area contributed by atoms with Crippen LogP contribution >= 0.6 is 0 Å². The van der Waals surface area contributed by atoms with Crippen molar-refractivity contribution < 1.29 is 29.0 Å². The van der Waals surface area contributed by atoms with Crippen molar-refractivity contribution in [2.45, 2.75) is 96.2 Å². The molecule has 6 heteroatoms. The second-order valence-electron chi connectivity index (χ2n) is 9.00. The summed E-state index contributed by atoms with van der Waals surface area (Å²) in [5.74, 6) is -1.52. The zero-order valence-electron chi connectivity index (χ0n) is 19.1. The standard InChI is InChI=1S/C23H43NO5/c1-5-6-7-8-9-10-11-12-13-14-15-16-20(25)17-23(28)29-21(18-22(26)27)19-24(2,3)4/h10-11,20-21,25H,5-9,12-19H2,1-4H3/p+1/b11-10-/t20?,21-/m1/s1. The molecule has 0 aliphatic rings. The number of aliphatic carboxylic acids is 1. The molecule has 0 aromatic heterocycles. The van der Waals surface area contributed by atoms with Crippen LogP contribution in [0.5, 0.6) is 0 Å². The molecule has 0 heterocycles. The Kier molecular flexibility index (Phi) is 15.6. The van der Waals surface area contributed by atoms with Crippen LogP contribution in [0.4, 0.5) is 0 Å². The number of hydrogen-bond acceptors (Lipinski definition) is 4. The van der Waals surface area contributed by atoms with Crippen molar-refractivity contribution in [1.82, 2.24) is 0 Å². The van der Waals surface area contributed by atoms with Gasteiger partial charge in [0.25, 0.3) is 0 Å². The first-order valence-electron chi connectivity index (χ1n) is 11.2. The first-order chi connectivity index (χ1) is 13.6. The van der Waals surface area contributed by atoms with Crippen molar-refractivity contribution in [3.05, 3.63) is 12.2 Å². The van der Waals surface area contributed by atoms with Crippen molar-refractivity contribution in [2.24, 2.45) is 0 Å². The summed E-state index contributed by atoms with van der Waals surface area (Å²) < 4.78 is 5.81. The molecule has 170 valence electrons. The Morgan fingerprint density at radius 3 is 2.03 bits per heavy atom. The number of carboxylic acids is 1. The van der Waals surface area contributed by atoms with Gasteiger partial charge < -0.3 is 19.4 Å². The van der Waals surface area contributed by atoms with Crippen LogP contribution in [0.3, 0.4) is 0 Å². The van der Waals surface area contributed by atoms with E-state index in [4.69, 9.17) is 9.84 Å². The molecule has 0 aliphatic carbocycles. The average Bonchev–Trinajstić information content (AvgIpc) is 2.57. The predicted molar refractivity (Wildman–Crippen MR) is 117 cm³/mol. The fraction of sp³-hybridized carbons (Fsp3) is 0.826. The quantitative estimate of drug-likeness (QED) is 0.151. The number of carbonyl (C=O) groups is 2. The average molecular weight is 415 g/mol. The van der Waals surface area contributed by atoms with Gasteiger partial charge in [0, 0.05) is 0 Å². The minimum absolute atomic E-state index is 0.0784. The van der Waals surface area contributed by atoms with E-state index >= 15 is 0 Å². The molecule has 2 N–H and O–H groups in total. The van der Waals surface area contributed by atoms with Gasteiger partial charge in [0.05, 0.1) is 40.1 Å². The third-order valence-corrected chi connectivity index (χ3v) is 4.65. The predicted octanol–water partition coefficient (Wildman–Crippen LogP) is 4.31. The van der Waals surface area contributed by atoms with Crippen LogP contribution in [-0.2, 0) is 14.3 Å². The molecule has 0 bridgehead atoms. The summed E-state index contributed by atoms with van der Waals surface area (Å²) in [7, 11) is 5.75. The van der Waals surface area contributed by atoms with Gasteiger partial charge in [0.1, 0.15) is 6.54 Å². The van der Waals surface area contributed by atoms with Crippen LogP contribution in [0.15, 0.2) is 12.2 Å². The lowest BCUT2D eigenvalue weighted by Gasteiger charge is -2.28. The number of allylic oxidation sites excluding steroid dienone is 2. The molecule has 0 spiro atoms. The van der Waals surface area contributed by atoms with Gasteiger partial charge in [-0.1, -0.05) is 51.2 Å². The molecular formula is C23H44NO5+. The number of nitrogens with zero attached hydrogens (tertiary/aromatic N) is 1. The summed E-state index contributed by atoms with van der Waals surface area (Å²) in [4.78, 5) is 23.0. The lowest BCUT2D eigenvalue weighted by Crippen LogP contribution is -2.44. The number of carbonyl (C=O) groups excluding carboxylic acids is 1. The summed E-state index contributed by atoms with van der Waals surface area (Å²) >= 11 is 0. The van der Waals surface area contributed by atoms with Crippen LogP contribution in [-0.4, -0.2) is 66.5 Å². The van der Waals surface area contributed by atoms with Crippen molar-refractivity contribution >= 4 is 11.9 Å². The summed E-state index contributed by atoms with van der Waals surface area (Å²) in [6.07, 6.45) is 13.8. The molecule has 1 unspecified atom stereocenters. The van der Waals surface area contributed by atoms with E-state index < -0.39 is 24.1 Å². The van der Waals surface area contributed by atoms with E-state index in [0.29, 0.717) is 17.4 Å². The van der Waals surface area contributed by atoms with E-state index in [1.807, 2.05) is 21.1 Å². The highest BCUT2D eigenvalue weighted by Gasteiger charge is 2.25. The smallest absolute Gasteiger partial charge is 0.308 e. The minimum Gasteiger partial charge on any atom is -0.481 e. The van der Waals surface area contributed by atoms with E-state index in [-0.39, 0.29) is 12.8 Å². The monoisotopic (exact) mass is 414 g/mol. The van der Waals surface area contributed by atoms with Crippen LogP contribution in [0, 0.1) is 0 Å². The summed E-state index contributed by atoms with van der Waals surface area (Å²) in [6, 6.07) is 0. The first-order valence-corrected chi connectivity index (χ1v) is 11.2. The van der Waals surface area contributed by atoms with Gasteiger partial charge >= 0.3 is 11.9 Å². The lowest BCUT2D eigenvalue weighted by atomic mass is 10.1. The Balaban J connectivity index is 3.91. The van der Waals surface area contributed by atoms with Crippen LogP contribution in [0.2, 0.25) is 0 Å². The maximum atomic E-state index is 12.0. The molecule has 0 aliphatic heterocycles. The molecule has 2 atom stereocenters. The van der Waals surface area contributed by atoms with Gasteiger partial charge in [-0.15, -0.1) is 0 Å². The van der Waals surface area contributed by atoms with Crippen molar-refractivity contribution in [1.29, 1.82) is 0 Å². The van der Waals surface area contributed by atoms with Gasteiger partial charge in [-0.05, 0) is 32.1 Å². The van der Waals surface area contributed by atoms with E-state index in [0.717, 1.165) is 32.1 Å². The molecule has 6 nitrogen and oxygen atoms in total. The van der Waals surface area contributed by atoms with Crippen molar-refractivity contribution in [2.75, 3.05) is 27.7 Å². The zero-order valence-corrected chi connectivity index (χ0v) is 19.1. The number of unbranched alkanes of at least 4 members (excludes halogenated alkanes) is 7. The molecule has 29 heavy (non-hydrogen) atoms. The molecular weight excluding hydrogens is 370 g/mol. The highest BCUT2D eigenvalue weighted by atomic mass is 16.5. The molecule has 0 fully saturated rings. The lowest BCUT2D eigenvalue weighted by molar-refractivity contribution is -0.873. The SMILES string of the molecule is CCCCCC/C=C\CCCCCC(O)CC(=O)O[C@H](CC(=O)O)C[N+](C)(C)C. The molecule has 0 aromatic rings. The number of esters is 1. The third-order valence-electron chi connectivity index (χ3n) is 4.65. The summed E-state index contributed by atoms with van der Waals surface area (Å²) in [5.41, 5.74) is 0. The van der Waals surface area contributed by atoms with Gasteiger partial charge in [0.2, 0.25) is 0 Å². The number of carboxylic acid groups (broad SMARTS) is 1. The number of aliphatic hydroxyl groups is 1. The van der Waals surface area contributed by atoms with Gasteiger partial charge in [-0.25, -0.2) is 0 Å². The number of rotatable bonds is 18. The molecule has 0 aromatic carbocycles. The van der Waals surface area contributed by atoms with E-state index in [1.165, 1.54) is 25.7 Å². The van der Waals surface area contributed by atoms with Gasteiger partial charge in [0.15, 0.2) is 6.10 Å². The topological polar surface area (TPSA) is 83.8 Å². The number of aliphatic hydroxyl groups excluding tert-OH is 1. The summed E-state index contributed by atoms with van der Waals surface area (Å²) in [6.45, 7) is 2.64. The molecule has 0 amide bonds. The second kappa shape index (κ2) is 16.4. The zero-order chi connectivity index (χ0) is 22.1.